The molecule has 1 aromatic carbocycles. The summed E-state index contributed by atoms with van der Waals surface area (Å²) in [4.78, 5) is 9.94. The summed E-state index contributed by atoms with van der Waals surface area (Å²) in [6, 6.07) is 5.87. The molecule has 0 amide bonds. The Morgan fingerprint density at radius 3 is 2.71 bits per heavy atom. The van der Waals surface area contributed by atoms with Gasteiger partial charge < -0.3 is 5.11 Å². The lowest BCUT2D eigenvalue weighted by Gasteiger charge is -2.12. The van der Waals surface area contributed by atoms with E-state index in [2.05, 4.69) is 15.9 Å². The van der Waals surface area contributed by atoms with E-state index in [0.29, 0.717) is 5.56 Å². The second-order valence-corrected chi connectivity index (χ2v) is 3.94. The molecule has 0 aliphatic heterocycles. The maximum absolute atomic E-state index is 10.4. The van der Waals surface area contributed by atoms with Crippen LogP contribution in [0.5, 0.6) is 0 Å². The average molecular weight is 260 g/mol. The monoisotopic (exact) mass is 259 g/mol. The first-order valence-electron chi connectivity index (χ1n) is 4.09. The van der Waals surface area contributed by atoms with Crippen LogP contribution in [-0.2, 0) is 0 Å². The lowest BCUT2D eigenvalue weighted by Crippen LogP contribution is -2.23. The van der Waals surface area contributed by atoms with Crippen LogP contribution in [0.15, 0.2) is 28.7 Å². The zero-order valence-corrected chi connectivity index (χ0v) is 9.14. The lowest BCUT2D eigenvalue weighted by molar-refractivity contribution is -0.531. The molecule has 0 radical (unpaired) electrons. The van der Waals surface area contributed by atoms with E-state index in [9.17, 15) is 15.2 Å². The summed E-state index contributed by atoms with van der Waals surface area (Å²) in [6.45, 7) is 1.38. The first-order chi connectivity index (χ1) is 6.52. The SMILES string of the molecule is C[C@@H]([C@H](O)c1cccc(Br)c1)[N+](=O)[O-]. The van der Waals surface area contributed by atoms with Crippen molar-refractivity contribution in [3.63, 3.8) is 0 Å². The molecule has 5 heteroatoms. The van der Waals surface area contributed by atoms with Crippen LogP contribution in [0.2, 0.25) is 0 Å². The van der Waals surface area contributed by atoms with E-state index in [1.54, 1.807) is 24.3 Å². The highest BCUT2D eigenvalue weighted by Gasteiger charge is 2.25. The minimum Gasteiger partial charge on any atom is -0.381 e. The van der Waals surface area contributed by atoms with E-state index < -0.39 is 17.1 Å². The molecule has 0 spiro atoms. The molecule has 76 valence electrons. The van der Waals surface area contributed by atoms with Gasteiger partial charge in [-0.2, -0.15) is 0 Å². The fraction of sp³-hybridized carbons (Fsp3) is 0.333. The van der Waals surface area contributed by atoms with Gasteiger partial charge in [-0.3, -0.25) is 10.1 Å². The van der Waals surface area contributed by atoms with E-state index in [1.165, 1.54) is 6.92 Å². The number of rotatable bonds is 3. The van der Waals surface area contributed by atoms with Crippen LogP contribution >= 0.6 is 15.9 Å². The van der Waals surface area contributed by atoms with Crippen molar-refractivity contribution in [2.24, 2.45) is 0 Å². The molecule has 0 fully saturated rings. The zero-order valence-electron chi connectivity index (χ0n) is 7.55. The molecule has 0 aliphatic carbocycles. The van der Waals surface area contributed by atoms with Crippen LogP contribution in [-0.4, -0.2) is 16.1 Å². The van der Waals surface area contributed by atoms with Crippen LogP contribution in [0.1, 0.15) is 18.6 Å². The second kappa shape index (κ2) is 4.52. The highest BCUT2D eigenvalue weighted by molar-refractivity contribution is 9.10. The van der Waals surface area contributed by atoms with E-state index in [-0.39, 0.29) is 0 Å². The van der Waals surface area contributed by atoms with Crippen molar-refractivity contribution >= 4 is 15.9 Å². The van der Waals surface area contributed by atoms with E-state index in [4.69, 9.17) is 0 Å². The highest BCUT2D eigenvalue weighted by atomic mass is 79.9. The third-order valence-electron chi connectivity index (χ3n) is 1.98. The minimum absolute atomic E-state index is 0.494. The molecule has 2 atom stereocenters. The number of nitro groups is 1. The van der Waals surface area contributed by atoms with Gasteiger partial charge in [0.2, 0.25) is 6.04 Å². The fourth-order valence-corrected chi connectivity index (χ4v) is 1.50. The van der Waals surface area contributed by atoms with Crippen molar-refractivity contribution < 1.29 is 10.0 Å². The van der Waals surface area contributed by atoms with Crippen LogP contribution in [0.4, 0.5) is 0 Å². The largest absolute Gasteiger partial charge is 0.381 e. The van der Waals surface area contributed by atoms with Gasteiger partial charge in [-0.1, -0.05) is 28.1 Å². The zero-order chi connectivity index (χ0) is 10.7. The van der Waals surface area contributed by atoms with Gasteiger partial charge in [-0.15, -0.1) is 0 Å². The Balaban J connectivity index is 2.89. The number of benzene rings is 1. The van der Waals surface area contributed by atoms with Gasteiger partial charge in [0.15, 0.2) is 0 Å². The summed E-state index contributed by atoms with van der Waals surface area (Å²) in [5, 5.41) is 20.1. The number of aliphatic hydroxyl groups is 1. The summed E-state index contributed by atoms with van der Waals surface area (Å²) in [5.74, 6) is 0. The molecule has 0 saturated heterocycles. The average Bonchev–Trinajstić information content (AvgIpc) is 2.15. The molecule has 4 nitrogen and oxygen atoms in total. The van der Waals surface area contributed by atoms with Gasteiger partial charge in [-0.05, 0) is 17.7 Å². The highest BCUT2D eigenvalue weighted by Crippen LogP contribution is 2.21. The molecular formula is C9H10BrNO3. The summed E-state index contributed by atoms with van der Waals surface area (Å²) < 4.78 is 0.796. The maximum atomic E-state index is 10.4. The standard InChI is InChI=1S/C9H10BrNO3/c1-6(11(13)14)9(12)7-3-2-4-8(10)5-7/h2-6,9,12H,1H3/t6-,9-/m0/s1. The van der Waals surface area contributed by atoms with Gasteiger partial charge in [0, 0.05) is 16.3 Å². The number of hydrogen-bond acceptors (Lipinski definition) is 3. The van der Waals surface area contributed by atoms with Gasteiger partial charge >= 0.3 is 0 Å². The Kier molecular flexibility index (Phi) is 3.60. The van der Waals surface area contributed by atoms with Crippen LogP contribution in [0.25, 0.3) is 0 Å². The Morgan fingerprint density at radius 1 is 1.57 bits per heavy atom. The quantitative estimate of drug-likeness (QED) is 0.669. The molecule has 1 aromatic rings. The fourth-order valence-electron chi connectivity index (χ4n) is 1.08. The third kappa shape index (κ3) is 2.52. The van der Waals surface area contributed by atoms with Crippen LogP contribution < -0.4 is 0 Å². The van der Waals surface area contributed by atoms with E-state index in [1.807, 2.05) is 0 Å². The molecule has 0 bridgehead atoms. The van der Waals surface area contributed by atoms with Crippen molar-refractivity contribution in [3.05, 3.63) is 44.4 Å². The number of aliphatic hydroxyl groups excluding tert-OH is 1. The van der Waals surface area contributed by atoms with Crippen LogP contribution in [0.3, 0.4) is 0 Å². The summed E-state index contributed by atoms with van der Waals surface area (Å²) in [5.41, 5.74) is 0.545. The molecule has 1 N–H and O–H groups in total. The van der Waals surface area contributed by atoms with Crippen molar-refractivity contribution in [2.45, 2.75) is 19.1 Å². The third-order valence-corrected chi connectivity index (χ3v) is 2.47. The summed E-state index contributed by atoms with van der Waals surface area (Å²) >= 11 is 3.24. The topological polar surface area (TPSA) is 63.4 Å². The maximum Gasteiger partial charge on any atom is 0.239 e. The predicted molar refractivity (Wildman–Crippen MR) is 55.6 cm³/mol. The minimum atomic E-state index is -1.07. The summed E-state index contributed by atoms with van der Waals surface area (Å²) in [7, 11) is 0. The summed E-state index contributed by atoms with van der Waals surface area (Å²) in [6.07, 6.45) is -1.07. The Bertz CT molecular complexity index is 343. The van der Waals surface area contributed by atoms with Gasteiger partial charge in [-0.25, -0.2) is 0 Å². The van der Waals surface area contributed by atoms with E-state index >= 15 is 0 Å². The molecule has 0 saturated carbocycles. The number of hydrogen-bond donors (Lipinski definition) is 1. The molecular weight excluding hydrogens is 250 g/mol. The molecule has 14 heavy (non-hydrogen) atoms. The molecule has 1 rings (SSSR count). The molecule has 0 aromatic heterocycles. The van der Waals surface area contributed by atoms with Crippen molar-refractivity contribution in [2.75, 3.05) is 0 Å². The number of nitrogens with zero attached hydrogens (tertiary/aromatic N) is 1. The van der Waals surface area contributed by atoms with Crippen molar-refractivity contribution in [1.82, 2.24) is 0 Å². The van der Waals surface area contributed by atoms with E-state index in [0.717, 1.165) is 4.47 Å². The second-order valence-electron chi connectivity index (χ2n) is 3.03. The Labute approximate surface area is 89.8 Å². The van der Waals surface area contributed by atoms with Gasteiger partial charge in [0.25, 0.3) is 0 Å². The molecule has 0 unspecified atom stereocenters. The molecule has 0 heterocycles. The van der Waals surface area contributed by atoms with Gasteiger partial charge in [0.1, 0.15) is 6.10 Å². The first kappa shape index (κ1) is 11.1. The molecule has 0 aliphatic rings. The van der Waals surface area contributed by atoms with Gasteiger partial charge in [0.05, 0.1) is 0 Å². The Morgan fingerprint density at radius 2 is 2.21 bits per heavy atom. The predicted octanol–water partition coefficient (Wildman–Crippen LogP) is 2.15. The number of halogens is 1. The van der Waals surface area contributed by atoms with Crippen LogP contribution in [0, 0.1) is 10.1 Å². The lowest BCUT2D eigenvalue weighted by atomic mass is 10.0. The van der Waals surface area contributed by atoms with Crippen molar-refractivity contribution in [1.29, 1.82) is 0 Å². The Hall–Kier alpha value is -0.940. The van der Waals surface area contributed by atoms with Crippen molar-refractivity contribution in [3.8, 4) is 0 Å². The normalized spacial score (nSPS) is 14.8. The smallest absolute Gasteiger partial charge is 0.239 e. The first-order valence-corrected chi connectivity index (χ1v) is 4.88.